The third kappa shape index (κ3) is 3.47. The molecular formula is C10H11F2NO3. The Morgan fingerprint density at radius 1 is 1.31 bits per heavy atom. The van der Waals surface area contributed by atoms with Gasteiger partial charge in [-0.2, -0.15) is 0 Å². The molecule has 0 heterocycles. The summed E-state index contributed by atoms with van der Waals surface area (Å²) in [5, 5.41) is 19.9. The lowest BCUT2D eigenvalue weighted by Crippen LogP contribution is -2.17. The van der Waals surface area contributed by atoms with Crippen LogP contribution in [0.2, 0.25) is 0 Å². The van der Waals surface area contributed by atoms with E-state index in [0.717, 1.165) is 12.1 Å². The smallest absolute Gasteiger partial charge is 0.304 e. The molecule has 0 radical (unpaired) electrons. The van der Waals surface area contributed by atoms with E-state index < -0.39 is 23.4 Å². The molecule has 0 atom stereocenters. The van der Waals surface area contributed by atoms with Crippen molar-refractivity contribution >= 4 is 5.97 Å². The molecule has 0 saturated carbocycles. The molecular weight excluding hydrogens is 220 g/mol. The van der Waals surface area contributed by atoms with Crippen LogP contribution in [0.5, 0.6) is 5.75 Å². The van der Waals surface area contributed by atoms with E-state index in [4.69, 9.17) is 10.2 Å². The van der Waals surface area contributed by atoms with Crippen LogP contribution in [0.1, 0.15) is 12.0 Å². The first-order valence-corrected chi connectivity index (χ1v) is 4.60. The molecule has 3 N–H and O–H groups in total. The lowest BCUT2D eigenvalue weighted by atomic mass is 10.2. The van der Waals surface area contributed by atoms with Gasteiger partial charge in [0.2, 0.25) is 0 Å². The highest BCUT2D eigenvalue weighted by molar-refractivity contribution is 5.66. The summed E-state index contributed by atoms with van der Waals surface area (Å²) < 4.78 is 25.7. The van der Waals surface area contributed by atoms with Gasteiger partial charge in [0.25, 0.3) is 0 Å². The van der Waals surface area contributed by atoms with E-state index in [1.165, 1.54) is 0 Å². The average Bonchev–Trinajstić information content (AvgIpc) is 2.20. The minimum absolute atomic E-state index is 0.0664. The van der Waals surface area contributed by atoms with Crippen LogP contribution < -0.4 is 5.32 Å². The molecule has 0 fully saturated rings. The van der Waals surface area contributed by atoms with Gasteiger partial charge in [0, 0.05) is 13.1 Å². The maximum absolute atomic E-state index is 12.9. The van der Waals surface area contributed by atoms with Gasteiger partial charge in [-0.15, -0.1) is 0 Å². The van der Waals surface area contributed by atoms with Crippen molar-refractivity contribution in [3.05, 3.63) is 29.3 Å². The SMILES string of the molecule is O=C(O)CCNCc1cc(F)c(O)c(F)c1. The van der Waals surface area contributed by atoms with Crippen LogP contribution >= 0.6 is 0 Å². The van der Waals surface area contributed by atoms with Crippen molar-refractivity contribution in [1.29, 1.82) is 0 Å². The molecule has 0 spiro atoms. The van der Waals surface area contributed by atoms with Crippen LogP contribution in [0, 0.1) is 11.6 Å². The number of nitrogens with one attached hydrogen (secondary N) is 1. The number of aromatic hydroxyl groups is 1. The Bertz CT molecular complexity index is 373. The fraction of sp³-hybridized carbons (Fsp3) is 0.300. The first-order valence-electron chi connectivity index (χ1n) is 4.60. The van der Waals surface area contributed by atoms with Crippen molar-refractivity contribution in [2.24, 2.45) is 0 Å². The molecule has 0 aliphatic rings. The number of carboxylic acids is 1. The number of hydrogen-bond acceptors (Lipinski definition) is 3. The quantitative estimate of drug-likeness (QED) is 0.667. The summed E-state index contributed by atoms with van der Waals surface area (Å²) in [7, 11) is 0. The van der Waals surface area contributed by atoms with Crippen molar-refractivity contribution in [1.82, 2.24) is 5.32 Å². The van der Waals surface area contributed by atoms with E-state index >= 15 is 0 Å². The highest BCUT2D eigenvalue weighted by atomic mass is 19.1. The molecule has 0 aliphatic carbocycles. The summed E-state index contributed by atoms with van der Waals surface area (Å²) in [4.78, 5) is 10.2. The molecule has 4 nitrogen and oxygen atoms in total. The largest absolute Gasteiger partial charge is 0.503 e. The molecule has 0 amide bonds. The lowest BCUT2D eigenvalue weighted by molar-refractivity contribution is -0.136. The zero-order chi connectivity index (χ0) is 12.1. The minimum Gasteiger partial charge on any atom is -0.503 e. The zero-order valence-corrected chi connectivity index (χ0v) is 8.33. The summed E-state index contributed by atoms with van der Waals surface area (Å²) in [6, 6.07) is 1.98. The molecule has 0 aliphatic heterocycles. The van der Waals surface area contributed by atoms with Crippen molar-refractivity contribution in [3.63, 3.8) is 0 Å². The van der Waals surface area contributed by atoms with E-state index in [-0.39, 0.29) is 19.5 Å². The minimum atomic E-state index is -1.03. The fourth-order valence-corrected chi connectivity index (χ4v) is 1.15. The van der Waals surface area contributed by atoms with Crippen LogP contribution in [-0.2, 0) is 11.3 Å². The molecule has 0 saturated heterocycles. The average molecular weight is 231 g/mol. The monoisotopic (exact) mass is 231 g/mol. The maximum atomic E-state index is 12.9. The van der Waals surface area contributed by atoms with Gasteiger partial charge >= 0.3 is 5.97 Å². The molecule has 0 bridgehead atoms. The van der Waals surface area contributed by atoms with Gasteiger partial charge < -0.3 is 15.5 Å². The Morgan fingerprint density at radius 3 is 2.38 bits per heavy atom. The lowest BCUT2D eigenvalue weighted by Gasteiger charge is -2.05. The fourth-order valence-electron chi connectivity index (χ4n) is 1.15. The molecule has 1 aromatic carbocycles. The summed E-state index contributed by atoms with van der Waals surface area (Å²) in [6.07, 6.45) is -0.0664. The zero-order valence-electron chi connectivity index (χ0n) is 8.33. The van der Waals surface area contributed by atoms with Gasteiger partial charge in [0.05, 0.1) is 6.42 Å². The number of rotatable bonds is 5. The standard InChI is InChI=1S/C10H11F2NO3/c11-7-3-6(4-8(12)10(7)16)5-13-2-1-9(14)15/h3-4,13,16H,1-2,5H2,(H,14,15). The second-order valence-electron chi connectivity index (χ2n) is 3.23. The van der Waals surface area contributed by atoms with Crippen LogP contribution in [0.15, 0.2) is 12.1 Å². The van der Waals surface area contributed by atoms with E-state index in [0.29, 0.717) is 5.56 Å². The molecule has 16 heavy (non-hydrogen) atoms. The van der Waals surface area contributed by atoms with Gasteiger partial charge in [-0.05, 0) is 17.7 Å². The third-order valence-electron chi connectivity index (χ3n) is 1.92. The number of phenolic OH excluding ortho intramolecular Hbond substituents is 1. The van der Waals surface area contributed by atoms with Crippen molar-refractivity contribution in [2.45, 2.75) is 13.0 Å². The van der Waals surface area contributed by atoms with Gasteiger partial charge in [-0.1, -0.05) is 0 Å². The number of carboxylic acid groups (broad SMARTS) is 1. The third-order valence-corrected chi connectivity index (χ3v) is 1.92. The number of hydrogen-bond donors (Lipinski definition) is 3. The van der Waals surface area contributed by atoms with E-state index in [1.807, 2.05) is 0 Å². The van der Waals surface area contributed by atoms with Crippen molar-refractivity contribution in [3.8, 4) is 5.75 Å². The Hall–Kier alpha value is -1.69. The maximum Gasteiger partial charge on any atom is 0.304 e. The molecule has 1 aromatic rings. The molecule has 1 rings (SSSR count). The second-order valence-corrected chi connectivity index (χ2v) is 3.23. The van der Waals surface area contributed by atoms with Crippen molar-refractivity contribution in [2.75, 3.05) is 6.54 Å². The summed E-state index contributed by atoms with van der Waals surface area (Å²) in [5.74, 6) is -4.02. The van der Waals surface area contributed by atoms with Gasteiger partial charge in [-0.25, -0.2) is 8.78 Å². The van der Waals surface area contributed by atoms with Gasteiger partial charge in [-0.3, -0.25) is 4.79 Å². The summed E-state index contributed by atoms with van der Waals surface area (Å²) in [6.45, 7) is 0.348. The van der Waals surface area contributed by atoms with Crippen LogP contribution in [0.25, 0.3) is 0 Å². The summed E-state index contributed by atoms with van der Waals surface area (Å²) >= 11 is 0. The molecule has 0 unspecified atom stereocenters. The predicted molar refractivity (Wildman–Crippen MR) is 52.0 cm³/mol. The molecule has 88 valence electrons. The van der Waals surface area contributed by atoms with Crippen LogP contribution in [0.4, 0.5) is 8.78 Å². The second kappa shape index (κ2) is 5.41. The number of aliphatic carboxylic acids is 1. The number of carbonyl (C=O) groups is 1. The van der Waals surface area contributed by atoms with Crippen molar-refractivity contribution < 1.29 is 23.8 Å². The first-order chi connectivity index (χ1) is 7.50. The van der Waals surface area contributed by atoms with Gasteiger partial charge in [0.15, 0.2) is 17.4 Å². The van der Waals surface area contributed by atoms with Crippen LogP contribution in [-0.4, -0.2) is 22.7 Å². The number of phenols is 1. The molecule has 0 aromatic heterocycles. The van der Waals surface area contributed by atoms with E-state index in [1.54, 1.807) is 0 Å². The Balaban J connectivity index is 2.52. The first kappa shape index (κ1) is 12.4. The highest BCUT2D eigenvalue weighted by Crippen LogP contribution is 2.21. The van der Waals surface area contributed by atoms with E-state index in [9.17, 15) is 13.6 Å². The summed E-state index contributed by atoms with van der Waals surface area (Å²) in [5.41, 5.74) is 0.304. The Labute approximate surface area is 90.5 Å². The van der Waals surface area contributed by atoms with E-state index in [2.05, 4.69) is 5.32 Å². The van der Waals surface area contributed by atoms with Gasteiger partial charge in [0.1, 0.15) is 0 Å². The molecule has 6 heteroatoms. The van der Waals surface area contributed by atoms with Crippen LogP contribution in [0.3, 0.4) is 0 Å². The number of halogens is 2. The Kier molecular flexibility index (Phi) is 4.19. The highest BCUT2D eigenvalue weighted by Gasteiger charge is 2.09. The predicted octanol–water partition coefficient (Wildman–Crippen LogP) is 1.23. The Morgan fingerprint density at radius 2 is 1.88 bits per heavy atom. The normalized spacial score (nSPS) is 10.4. The number of benzene rings is 1. The topological polar surface area (TPSA) is 69.6 Å².